The Hall–Kier alpha value is -0.330. The van der Waals surface area contributed by atoms with Gasteiger partial charge in [-0.05, 0) is 48.9 Å². The molecule has 0 amide bonds. The third-order valence-electron chi connectivity index (χ3n) is 4.20. The van der Waals surface area contributed by atoms with E-state index in [-0.39, 0.29) is 27.7 Å². The fourth-order valence-corrected chi connectivity index (χ4v) is 4.56. The van der Waals surface area contributed by atoms with Crippen LogP contribution in [0.2, 0.25) is 5.02 Å². The molecule has 0 bridgehead atoms. The van der Waals surface area contributed by atoms with Gasteiger partial charge in [-0.2, -0.15) is 0 Å². The van der Waals surface area contributed by atoms with Gasteiger partial charge < -0.3 is 5.32 Å². The molecule has 4 nitrogen and oxygen atoms in total. The number of nitrogens with one attached hydrogen (secondary N) is 2. The van der Waals surface area contributed by atoms with Gasteiger partial charge >= 0.3 is 0 Å². The highest BCUT2D eigenvalue weighted by atomic mass is 35.5. The Bertz CT molecular complexity index is 615. The van der Waals surface area contributed by atoms with E-state index in [9.17, 15) is 8.42 Å². The maximum absolute atomic E-state index is 12.6. The van der Waals surface area contributed by atoms with E-state index in [4.69, 9.17) is 11.6 Å². The van der Waals surface area contributed by atoms with Gasteiger partial charge in [-0.15, -0.1) is 12.4 Å². The summed E-state index contributed by atoms with van der Waals surface area (Å²) in [6.45, 7) is 6.44. The van der Waals surface area contributed by atoms with Gasteiger partial charge in [0.2, 0.25) is 10.0 Å². The number of hydrogen-bond acceptors (Lipinski definition) is 3. The molecule has 1 atom stereocenters. The van der Waals surface area contributed by atoms with Crippen LogP contribution in [0, 0.1) is 5.41 Å². The zero-order chi connectivity index (χ0) is 16.2. The topological polar surface area (TPSA) is 58.2 Å². The van der Waals surface area contributed by atoms with Crippen LogP contribution in [0.15, 0.2) is 23.1 Å². The Morgan fingerprint density at radius 1 is 1.39 bits per heavy atom. The summed E-state index contributed by atoms with van der Waals surface area (Å²) in [6, 6.07) is 5.25. The van der Waals surface area contributed by atoms with Crippen molar-refractivity contribution >= 4 is 34.0 Å². The number of halogens is 2. The second kappa shape index (κ2) is 8.67. The van der Waals surface area contributed by atoms with Crippen LogP contribution in [0.5, 0.6) is 0 Å². The van der Waals surface area contributed by atoms with E-state index in [0.29, 0.717) is 6.54 Å². The molecule has 1 fully saturated rings. The Balaban J connectivity index is 0.00000264. The van der Waals surface area contributed by atoms with Gasteiger partial charge in [0.15, 0.2) is 0 Å². The van der Waals surface area contributed by atoms with Crippen LogP contribution >= 0.6 is 24.0 Å². The van der Waals surface area contributed by atoms with Crippen LogP contribution in [0.3, 0.4) is 0 Å². The van der Waals surface area contributed by atoms with Crippen molar-refractivity contribution in [2.75, 3.05) is 19.6 Å². The molecule has 1 heterocycles. The van der Waals surface area contributed by atoms with E-state index >= 15 is 0 Å². The summed E-state index contributed by atoms with van der Waals surface area (Å²) in [5.74, 6) is 0. The number of sulfonamides is 1. The summed E-state index contributed by atoms with van der Waals surface area (Å²) in [4.78, 5) is 0.187. The van der Waals surface area contributed by atoms with Crippen molar-refractivity contribution in [3.8, 4) is 0 Å². The van der Waals surface area contributed by atoms with Crippen LogP contribution < -0.4 is 10.0 Å². The first-order valence-electron chi connectivity index (χ1n) is 7.85. The Kier molecular flexibility index (Phi) is 7.81. The number of rotatable bonds is 6. The van der Waals surface area contributed by atoms with E-state index in [1.807, 2.05) is 6.07 Å². The quantitative estimate of drug-likeness (QED) is 0.794. The minimum Gasteiger partial charge on any atom is -0.316 e. The smallest absolute Gasteiger partial charge is 0.242 e. The molecule has 1 aromatic rings. The molecule has 0 aliphatic carbocycles. The highest BCUT2D eigenvalue weighted by Gasteiger charge is 2.29. The molecule has 1 aliphatic heterocycles. The third-order valence-corrected chi connectivity index (χ3v) is 6.08. The van der Waals surface area contributed by atoms with Crippen LogP contribution in [-0.2, 0) is 16.4 Å². The van der Waals surface area contributed by atoms with Crippen molar-refractivity contribution in [1.82, 2.24) is 10.0 Å². The summed E-state index contributed by atoms with van der Waals surface area (Å²) in [5.41, 5.74) is 0.955. The standard InChI is InChI=1S/C16H25ClN2O2S.ClH/c1-3-5-13-6-7-14(17)15(10-13)22(20,21)19-12-16(2)8-4-9-18-11-16;/h6-7,10,18-19H,3-5,8-9,11-12H2,1-2H3;1H. The zero-order valence-corrected chi connectivity index (χ0v) is 16.1. The molecule has 0 spiro atoms. The molecule has 1 aromatic carbocycles. The van der Waals surface area contributed by atoms with Crippen LogP contribution in [0.25, 0.3) is 0 Å². The highest BCUT2D eigenvalue weighted by Crippen LogP contribution is 2.27. The van der Waals surface area contributed by atoms with E-state index < -0.39 is 10.0 Å². The molecule has 0 aromatic heterocycles. The maximum Gasteiger partial charge on any atom is 0.242 e. The second-order valence-corrected chi connectivity index (χ2v) is 8.57. The largest absolute Gasteiger partial charge is 0.316 e. The van der Waals surface area contributed by atoms with E-state index in [2.05, 4.69) is 23.9 Å². The fraction of sp³-hybridized carbons (Fsp3) is 0.625. The Labute approximate surface area is 150 Å². The summed E-state index contributed by atoms with van der Waals surface area (Å²) in [7, 11) is -3.58. The lowest BCUT2D eigenvalue weighted by Crippen LogP contribution is -2.45. The van der Waals surface area contributed by atoms with Crippen molar-refractivity contribution in [2.45, 2.75) is 44.4 Å². The van der Waals surface area contributed by atoms with E-state index in [1.165, 1.54) is 0 Å². The average molecular weight is 381 g/mol. The molecule has 1 unspecified atom stereocenters. The minimum atomic E-state index is -3.58. The van der Waals surface area contributed by atoms with Gasteiger partial charge in [0.1, 0.15) is 4.90 Å². The molecule has 1 saturated heterocycles. The van der Waals surface area contributed by atoms with Gasteiger partial charge in [0.05, 0.1) is 5.02 Å². The Morgan fingerprint density at radius 2 is 2.13 bits per heavy atom. The zero-order valence-electron chi connectivity index (χ0n) is 13.7. The first-order chi connectivity index (χ1) is 10.4. The van der Waals surface area contributed by atoms with Crippen molar-refractivity contribution in [1.29, 1.82) is 0 Å². The van der Waals surface area contributed by atoms with Crippen molar-refractivity contribution in [3.63, 3.8) is 0 Å². The summed E-state index contributed by atoms with van der Waals surface area (Å²) in [6.07, 6.45) is 3.91. The van der Waals surface area contributed by atoms with Gasteiger partial charge in [-0.25, -0.2) is 13.1 Å². The molecular formula is C16H26Cl2N2O2S. The van der Waals surface area contributed by atoms with Crippen molar-refractivity contribution in [2.24, 2.45) is 5.41 Å². The molecule has 2 rings (SSSR count). The number of aryl methyl sites for hydroxylation is 1. The molecular weight excluding hydrogens is 355 g/mol. The molecule has 0 saturated carbocycles. The lowest BCUT2D eigenvalue weighted by molar-refractivity contribution is 0.238. The molecule has 132 valence electrons. The molecule has 1 aliphatic rings. The van der Waals surface area contributed by atoms with Gasteiger partial charge in [-0.1, -0.05) is 37.9 Å². The molecule has 23 heavy (non-hydrogen) atoms. The lowest BCUT2D eigenvalue weighted by Gasteiger charge is -2.34. The second-order valence-electron chi connectivity index (χ2n) is 6.43. The van der Waals surface area contributed by atoms with Crippen molar-refractivity contribution < 1.29 is 8.42 Å². The highest BCUT2D eigenvalue weighted by molar-refractivity contribution is 7.89. The number of hydrogen-bond donors (Lipinski definition) is 2. The Morgan fingerprint density at radius 3 is 2.74 bits per heavy atom. The number of piperidine rings is 1. The fourth-order valence-electron chi connectivity index (χ4n) is 2.81. The summed E-state index contributed by atoms with van der Waals surface area (Å²) >= 11 is 6.11. The maximum atomic E-state index is 12.6. The molecule has 7 heteroatoms. The lowest BCUT2D eigenvalue weighted by atomic mass is 9.83. The van der Waals surface area contributed by atoms with Gasteiger partial charge in [0.25, 0.3) is 0 Å². The van der Waals surface area contributed by atoms with Crippen LogP contribution in [0.4, 0.5) is 0 Å². The number of benzene rings is 1. The summed E-state index contributed by atoms with van der Waals surface area (Å²) < 4.78 is 27.9. The SMILES string of the molecule is CCCc1ccc(Cl)c(S(=O)(=O)NCC2(C)CCCNC2)c1.Cl. The van der Waals surface area contributed by atoms with Crippen LogP contribution in [-0.4, -0.2) is 28.1 Å². The first-order valence-corrected chi connectivity index (χ1v) is 9.71. The summed E-state index contributed by atoms with van der Waals surface area (Å²) in [5, 5.41) is 3.60. The van der Waals surface area contributed by atoms with Crippen LogP contribution in [0.1, 0.15) is 38.7 Å². The minimum absolute atomic E-state index is 0. The average Bonchev–Trinajstić information content (AvgIpc) is 2.48. The normalized spacial score (nSPS) is 21.7. The molecule has 0 radical (unpaired) electrons. The first kappa shape index (κ1) is 20.7. The van der Waals surface area contributed by atoms with Crippen molar-refractivity contribution in [3.05, 3.63) is 28.8 Å². The van der Waals surface area contributed by atoms with E-state index in [1.54, 1.807) is 12.1 Å². The van der Waals surface area contributed by atoms with Gasteiger partial charge in [-0.3, -0.25) is 0 Å². The monoisotopic (exact) mass is 380 g/mol. The predicted octanol–water partition coefficient (Wildman–Crippen LogP) is 3.38. The predicted molar refractivity (Wildman–Crippen MR) is 98.1 cm³/mol. The third kappa shape index (κ3) is 5.61. The molecule has 2 N–H and O–H groups in total. The van der Waals surface area contributed by atoms with Gasteiger partial charge in [0, 0.05) is 13.1 Å². The van der Waals surface area contributed by atoms with E-state index in [0.717, 1.165) is 44.3 Å².